The van der Waals surface area contributed by atoms with Crippen LogP contribution in [0, 0.1) is 0 Å². The molecule has 176 valence electrons. The molecule has 10 heteroatoms. The quantitative estimate of drug-likeness (QED) is 0.237. The van der Waals surface area contributed by atoms with Gasteiger partial charge >= 0.3 is 0 Å². The third kappa shape index (κ3) is 5.32. The van der Waals surface area contributed by atoms with E-state index >= 15 is 0 Å². The first-order valence-electron chi connectivity index (χ1n) is 10.8. The summed E-state index contributed by atoms with van der Waals surface area (Å²) in [4.78, 5) is 17.2. The topological polar surface area (TPSA) is 85.8 Å². The Morgan fingerprint density at radius 3 is 2.66 bits per heavy atom. The normalized spacial score (nSPS) is 11.9. The summed E-state index contributed by atoms with van der Waals surface area (Å²) < 4.78 is 7.48. The lowest BCUT2D eigenvalue weighted by Crippen LogP contribution is -2.26. The van der Waals surface area contributed by atoms with E-state index in [0.29, 0.717) is 33.2 Å². The molecule has 0 aliphatic rings. The molecule has 7 nitrogen and oxygen atoms in total. The van der Waals surface area contributed by atoms with E-state index in [1.165, 1.54) is 23.1 Å². The molecular weight excluding hydrogens is 502 g/mol. The lowest BCUT2D eigenvalue weighted by atomic mass is 10.1. The molecule has 1 N–H and O–H groups in total. The van der Waals surface area contributed by atoms with E-state index in [0.717, 1.165) is 16.3 Å². The molecule has 0 bridgehead atoms. The minimum Gasteiger partial charge on any atom is -0.461 e. The van der Waals surface area contributed by atoms with E-state index in [9.17, 15) is 4.79 Å². The SMILES string of the molecule is CC(NC(=O)c1csc(CSc2nnc(-c3ccco3)n2-c2ccc(Cl)cc2)n1)c1ccccc1. The van der Waals surface area contributed by atoms with Gasteiger partial charge in [0.25, 0.3) is 5.91 Å². The van der Waals surface area contributed by atoms with Crippen LogP contribution in [-0.4, -0.2) is 25.7 Å². The first-order chi connectivity index (χ1) is 17.1. The summed E-state index contributed by atoms with van der Waals surface area (Å²) in [6.07, 6.45) is 1.60. The number of nitrogens with zero attached hydrogens (tertiary/aromatic N) is 4. The van der Waals surface area contributed by atoms with Crippen LogP contribution in [0.3, 0.4) is 0 Å². The van der Waals surface area contributed by atoms with Gasteiger partial charge < -0.3 is 9.73 Å². The average Bonchev–Trinajstić information content (AvgIpc) is 3.64. The van der Waals surface area contributed by atoms with E-state index in [1.54, 1.807) is 11.6 Å². The molecule has 35 heavy (non-hydrogen) atoms. The molecule has 1 atom stereocenters. The second kappa shape index (κ2) is 10.5. The van der Waals surface area contributed by atoms with Crippen LogP contribution in [0.25, 0.3) is 17.3 Å². The highest BCUT2D eigenvalue weighted by molar-refractivity contribution is 7.98. The highest BCUT2D eigenvalue weighted by Crippen LogP contribution is 2.31. The second-order valence-electron chi connectivity index (χ2n) is 7.62. The molecule has 0 spiro atoms. The molecule has 0 radical (unpaired) electrons. The molecule has 1 unspecified atom stereocenters. The van der Waals surface area contributed by atoms with Gasteiger partial charge in [0.1, 0.15) is 10.7 Å². The van der Waals surface area contributed by atoms with Crippen LogP contribution >= 0.6 is 34.7 Å². The van der Waals surface area contributed by atoms with E-state index < -0.39 is 0 Å². The number of hydrogen-bond donors (Lipinski definition) is 1. The van der Waals surface area contributed by atoms with Crippen LogP contribution in [0.2, 0.25) is 5.02 Å². The number of thiazole rings is 1. The molecule has 3 aromatic heterocycles. The Bertz CT molecular complexity index is 1420. The van der Waals surface area contributed by atoms with Gasteiger partial charge in [0.05, 0.1) is 18.1 Å². The maximum absolute atomic E-state index is 12.7. The summed E-state index contributed by atoms with van der Waals surface area (Å²) in [5.74, 6) is 1.54. The number of thioether (sulfide) groups is 1. The van der Waals surface area contributed by atoms with Crippen molar-refractivity contribution in [1.82, 2.24) is 25.1 Å². The van der Waals surface area contributed by atoms with Gasteiger partial charge in [-0.05, 0) is 48.9 Å². The minimum atomic E-state index is -0.196. The predicted octanol–water partition coefficient (Wildman–Crippen LogP) is 6.42. The number of hydrogen-bond acceptors (Lipinski definition) is 7. The van der Waals surface area contributed by atoms with Crippen LogP contribution in [0.15, 0.2) is 87.9 Å². The Hall–Kier alpha value is -3.40. The third-order valence-corrected chi connectivity index (χ3v) is 7.44. The van der Waals surface area contributed by atoms with Crippen molar-refractivity contribution in [3.63, 3.8) is 0 Å². The highest BCUT2D eigenvalue weighted by Gasteiger charge is 2.19. The molecule has 3 heterocycles. The lowest BCUT2D eigenvalue weighted by molar-refractivity contribution is 0.0935. The Labute approximate surface area is 215 Å². The number of furan rings is 1. The first-order valence-corrected chi connectivity index (χ1v) is 13.0. The number of carbonyl (C=O) groups is 1. The zero-order valence-corrected chi connectivity index (χ0v) is 21.0. The molecule has 0 aliphatic carbocycles. The second-order valence-corrected chi connectivity index (χ2v) is 9.94. The molecule has 0 saturated carbocycles. The summed E-state index contributed by atoms with van der Waals surface area (Å²) in [7, 11) is 0. The van der Waals surface area contributed by atoms with Gasteiger partial charge in [-0.2, -0.15) is 0 Å². The number of rotatable bonds is 8. The summed E-state index contributed by atoms with van der Waals surface area (Å²) in [5, 5.41) is 15.7. The van der Waals surface area contributed by atoms with Crippen molar-refractivity contribution < 1.29 is 9.21 Å². The fourth-order valence-electron chi connectivity index (χ4n) is 3.46. The number of nitrogens with one attached hydrogen (secondary N) is 1. The Morgan fingerprint density at radius 2 is 1.91 bits per heavy atom. The van der Waals surface area contributed by atoms with Crippen LogP contribution in [0.1, 0.15) is 34.0 Å². The molecule has 5 aromatic rings. The molecule has 2 aromatic carbocycles. The summed E-state index contributed by atoms with van der Waals surface area (Å²) in [6, 6.07) is 20.8. The number of amides is 1. The van der Waals surface area contributed by atoms with Crippen LogP contribution in [0.4, 0.5) is 0 Å². The minimum absolute atomic E-state index is 0.110. The van der Waals surface area contributed by atoms with Crippen molar-refractivity contribution in [2.45, 2.75) is 23.9 Å². The zero-order valence-electron chi connectivity index (χ0n) is 18.6. The van der Waals surface area contributed by atoms with Crippen molar-refractivity contribution in [1.29, 1.82) is 0 Å². The maximum Gasteiger partial charge on any atom is 0.271 e. The smallest absolute Gasteiger partial charge is 0.271 e. The fraction of sp³-hybridized carbons (Fsp3) is 0.120. The summed E-state index contributed by atoms with van der Waals surface area (Å²) in [5.41, 5.74) is 2.31. The molecular formula is C25H20ClN5O2S2. The highest BCUT2D eigenvalue weighted by atomic mass is 35.5. The Balaban J connectivity index is 1.31. The number of aromatic nitrogens is 4. The molecule has 0 fully saturated rings. The maximum atomic E-state index is 12.7. The van der Waals surface area contributed by atoms with Crippen molar-refractivity contribution >= 4 is 40.6 Å². The monoisotopic (exact) mass is 521 g/mol. The van der Waals surface area contributed by atoms with Gasteiger partial charge in [0.15, 0.2) is 10.9 Å². The largest absolute Gasteiger partial charge is 0.461 e. The van der Waals surface area contributed by atoms with Crippen molar-refractivity contribution in [3.8, 4) is 17.3 Å². The summed E-state index contributed by atoms with van der Waals surface area (Å²) in [6.45, 7) is 1.95. The van der Waals surface area contributed by atoms with E-state index in [-0.39, 0.29) is 11.9 Å². The molecule has 0 saturated heterocycles. The van der Waals surface area contributed by atoms with Crippen molar-refractivity contribution in [2.24, 2.45) is 0 Å². The van der Waals surface area contributed by atoms with Crippen molar-refractivity contribution in [2.75, 3.05) is 0 Å². The Kier molecular flexibility index (Phi) is 6.98. The van der Waals surface area contributed by atoms with Gasteiger partial charge in [-0.1, -0.05) is 53.7 Å². The zero-order chi connectivity index (χ0) is 24.2. The summed E-state index contributed by atoms with van der Waals surface area (Å²) >= 11 is 9.01. The van der Waals surface area contributed by atoms with Crippen LogP contribution < -0.4 is 5.32 Å². The predicted molar refractivity (Wildman–Crippen MR) is 138 cm³/mol. The number of carbonyl (C=O) groups excluding carboxylic acids is 1. The van der Waals surface area contributed by atoms with Gasteiger partial charge in [0, 0.05) is 16.1 Å². The van der Waals surface area contributed by atoms with Gasteiger partial charge in [-0.25, -0.2) is 4.98 Å². The van der Waals surface area contributed by atoms with Crippen LogP contribution in [0.5, 0.6) is 0 Å². The Morgan fingerprint density at radius 1 is 1.11 bits per heavy atom. The average molecular weight is 522 g/mol. The van der Waals surface area contributed by atoms with Crippen LogP contribution in [-0.2, 0) is 5.75 Å². The van der Waals surface area contributed by atoms with E-state index in [1.807, 2.05) is 78.2 Å². The fourth-order valence-corrected chi connectivity index (χ4v) is 5.33. The molecule has 0 aliphatic heterocycles. The molecule has 5 rings (SSSR count). The van der Waals surface area contributed by atoms with E-state index in [2.05, 4.69) is 20.5 Å². The third-order valence-electron chi connectivity index (χ3n) is 5.22. The first kappa shape index (κ1) is 23.3. The van der Waals surface area contributed by atoms with Crippen molar-refractivity contribution in [3.05, 3.63) is 99.7 Å². The van der Waals surface area contributed by atoms with Gasteiger partial charge in [0.2, 0.25) is 5.82 Å². The van der Waals surface area contributed by atoms with Gasteiger partial charge in [-0.15, -0.1) is 21.5 Å². The lowest BCUT2D eigenvalue weighted by Gasteiger charge is -2.13. The standard InChI is InChI=1S/C25H20ClN5O2S2/c1-16(17-6-3-2-4-7-17)27-24(32)20-14-34-22(28-20)15-35-25-30-29-23(21-8-5-13-33-21)31(25)19-11-9-18(26)10-12-19/h2-14,16H,15H2,1H3,(H,27,32). The number of halogens is 1. The van der Waals surface area contributed by atoms with E-state index in [4.69, 9.17) is 16.0 Å². The van der Waals surface area contributed by atoms with Gasteiger partial charge in [-0.3, -0.25) is 9.36 Å². The molecule has 1 amide bonds. The number of benzene rings is 2.